The van der Waals surface area contributed by atoms with Crippen molar-refractivity contribution in [3.8, 4) is 11.5 Å². The number of nitrogens with zero attached hydrogens (tertiary/aromatic N) is 2. The molecule has 1 saturated heterocycles. The lowest BCUT2D eigenvalue weighted by molar-refractivity contribution is -0.132. The molecule has 1 unspecified atom stereocenters. The molecule has 2 heterocycles. The van der Waals surface area contributed by atoms with Crippen LogP contribution in [0.15, 0.2) is 72.6 Å². The van der Waals surface area contributed by atoms with Crippen LogP contribution in [0.5, 0.6) is 11.5 Å². The van der Waals surface area contributed by atoms with E-state index in [9.17, 15) is 14.7 Å². The summed E-state index contributed by atoms with van der Waals surface area (Å²) in [5.41, 5.74) is 2.42. The average Bonchev–Trinajstić information content (AvgIpc) is 3.09. The van der Waals surface area contributed by atoms with Gasteiger partial charge in [-0.3, -0.25) is 19.5 Å². The van der Waals surface area contributed by atoms with Crippen LogP contribution in [0.25, 0.3) is 5.76 Å². The van der Waals surface area contributed by atoms with Crippen LogP contribution in [-0.4, -0.2) is 36.0 Å². The molecule has 1 amide bonds. The quantitative estimate of drug-likeness (QED) is 0.373. The summed E-state index contributed by atoms with van der Waals surface area (Å²) in [6.45, 7) is 1.87. The van der Waals surface area contributed by atoms with Crippen LogP contribution in [0.2, 0.25) is 0 Å². The number of aliphatic hydroxyl groups excluding tert-OH is 1. The standard InChI is InChI=1S/C25H22N2O5/c1-15-6-4-5-7-18(15)27-22(16-10-12-26-13-11-16)21(24(29)25(27)30)23(28)17-8-9-19(31-2)20(14-17)32-3/h4-14,22,28H,1-3H3/b23-21-. The zero-order valence-corrected chi connectivity index (χ0v) is 17.9. The van der Waals surface area contributed by atoms with Crippen LogP contribution in [0, 0.1) is 6.92 Å². The molecule has 0 saturated carbocycles. The Balaban J connectivity index is 1.95. The number of anilines is 1. The molecule has 2 aromatic carbocycles. The molecule has 0 aliphatic carbocycles. The summed E-state index contributed by atoms with van der Waals surface area (Å²) < 4.78 is 10.6. The monoisotopic (exact) mass is 430 g/mol. The number of Topliss-reactive ketones (excluding diaryl/α,β-unsaturated/α-hetero) is 1. The van der Waals surface area contributed by atoms with E-state index in [4.69, 9.17) is 9.47 Å². The largest absolute Gasteiger partial charge is 0.507 e. The Morgan fingerprint density at radius 2 is 1.66 bits per heavy atom. The van der Waals surface area contributed by atoms with Crippen molar-refractivity contribution in [3.63, 3.8) is 0 Å². The number of hydrogen-bond donors (Lipinski definition) is 1. The number of rotatable bonds is 5. The summed E-state index contributed by atoms with van der Waals surface area (Å²) >= 11 is 0. The van der Waals surface area contributed by atoms with E-state index in [1.807, 2.05) is 19.1 Å². The summed E-state index contributed by atoms with van der Waals surface area (Å²) in [5, 5.41) is 11.2. The van der Waals surface area contributed by atoms with E-state index in [-0.39, 0.29) is 11.3 Å². The highest BCUT2D eigenvalue weighted by Crippen LogP contribution is 2.43. The number of para-hydroxylation sites is 1. The van der Waals surface area contributed by atoms with Gasteiger partial charge in [-0.2, -0.15) is 0 Å². The maximum atomic E-state index is 13.2. The van der Waals surface area contributed by atoms with Crippen molar-refractivity contribution < 1.29 is 24.2 Å². The van der Waals surface area contributed by atoms with Gasteiger partial charge in [0, 0.05) is 23.6 Å². The molecule has 162 valence electrons. The van der Waals surface area contributed by atoms with Crippen molar-refractivity contribution in [3.05, 3.63) is 89.3 Å². The smallest absolute Gasteiger partial charge is 0.300 e. The molecule has 7 heteroatoms. The Morgan fingerprint density at radius 3 is 2.31 bits per heavy atom. The number of aryl methyl sites for hydroxylation is 1. The third kappa shape index (κ3) is 3.47. The Morgan fingerprint density at radius 1 is 0.969 bits per heavy atom. The van der Waals surface area contributed by atoms with E-state index in [0.29, 0.717) is 28.3 Å². The summed E-state index contributed by atoms with van der Waals surface area (Å²) in [7, 11) is 2.99. The minimum absolute atomic E-state index is 0.00308. The third-order valence-electron chi connectivity index (χ3n) is 5.50. The fraction of sp³-hybridized carbons (Fsp3) is 0.160. The van der Waals surface area contributed by atoms with Crippen LogP contribution in [0.4, 0.5) is 5.69 Å². The molecule has 3 aromatic rings. The molecule has 4 rings (SSSR count). The molecule has 1 aromatic heterocycles. The van der Waals surface area contributed by atoms with Gasteiger partial charge in [0.15, 0.2) is 11.5 Å². The second-order valence-electron chi connectivity index (χ2n) is 7.31. The van der Waals surface area contributed by atoms with Crippen molar-refractivity contribution in [2.24, 2.45) is 0 Å². The highest BCUT2D eigenvalue weighted by atomic mass is 16.5. The van der Waals surface area contributed by atoms with E-state index in [2.05, 4.69) is 4.98 Å². The maximum absolute atomic E-state index is 13.2. The molecule has 0 radical (unpaired) electrons. The van der Waals surface area contributed by atoms with Crippen molar-refractivity contribution in [1.29, 1.82) is 0 Å². The molecule has 7 nitrogen and oxygen atoms in total. The number of carbonyl (C=O) groups excluding carboxylic acids is 2. The summed E-state index contributed by atoms with van der Waals surface area (Å²) in [5.74, 6) is -0.882. The van der Waals surface area contributed by atoms with E-state index in [1.54, 1.807) is 54.9 Å². The molecule has 1 aliphatic rings. The van der Waals surface area contributed by atoms with Crippen LogP contribution in [-0.2, 0) is 9.59 Å². The first kappa shape index (κ1) is 21.1. The lowest BCUT2D eigenvalue weighted by atomic mass is 9.95. The SMILES string of the molecule is COc1ccc(/C(O)=C2/C(=O)C(=O)N(c3ccccc3C)C2c2ccncc2)cc1OC. The van der Waals surface area contributed by atoms with Gasteiger partial charge in [-0.05, 0) is 54.4 Å². The topological polar surface area (TPSA) is 89.0 Å². The lowest BCUT2D eigenvalue weighted by Gasteiger charge is -2.26. The first-order valence-corrected chi connectivity index (χ1v) is 9.97. The van der Waals surface area contributed by atoms with Gasteiger partial charge in [0.25, 0.3) is 11.7 Å². The average molecular weight is 430 g/mol. The van der Waals surface area contributed by atoms with Gasteiger partial charge in [0.2, 0.25) is 0 Å². The second-order valence-corrected chi connectivity index (χ2v) is 7.31. The van der Waals surface area contributed by atoms with Gasteiger partial charge in [0.1, 0.15) is 5.76 Å². The summed E-state index contributed by atoms with van der Waals surface area (Å²) in [6.07, 6.45) is 3.17. The molecule has 0 bridgehead atoms. The predicted molar refractivity (Wildman–Crippen MR) is 120 cm³/mol. The van der Waals surface area contributed by atoms with Crippen LogP contribution in [0.1, 0.15) is 22.7 Å². The molecule has 1 fully saturated rings. The molecule has 0 spiro atoms. The number of ketones is 1. The maximum Gasteiger partial charge on any atom is 0.300 e. The number of methoxy groups -OCH3 is 2. The molecule has 32 heavy (non-hydrogen) atoms. The second kappa shape index (κ2) is 8.55. The highest BCUT2D eigenvalue weighted by Gasteiger charge is 2.47. The zero-order chi connectivity index (χ0) is 22.8. The number of pyridine rings is 1. The van der Waals surface area contributed by atoms with Gasteiger partial charge in [-0.25, -0.2) is 0 Å². The molecule has 1 N–H and O–H groups in total. The number of amides is 1. The van der Waals surface area contributed by atoms with Crippen molar-refractivity contribution in [2.75, 3.05) is 19.1 Å². The lowest BCUT2D eigenvalue weighted by Crippen LogP contribution is -2.30. The number of carbonyl (C=O) groups is 2. The summed E-state index contributed by atoms with van der Waals surface area (Å²) in [6, 6.07) is 14.8. The van der Waals surface area contributed by atoms with Crippen LogP contribution < -0.4 is 14.4 Å². The minimum atomic E-state index is -0.813. The van der Waals surface area contributed by atoms with E-state index in [1.165, 1.54) is 19.1 Å². The van der Waals surface area contributed by atoms with Crippen LogP contribution >= 0.6 is 0 Å². The Bertz CT molecular complexity index is 1220. The number of hydrogen-bond acceptors (Lipinski definition) is 6. The molecular weight excluding hydrogens is 408 g/mol. The normalized spacial score (nSPS) is 17.5. The van der Waals surface area contributed by atoms with Crippen molar-refractivity contribution in [1.82, 2.24) is 4.98 Å². The van der Waals surface area contributed by atoms with Crippen LogP contribution in [0.3, 0.4) is 0 Å². The number of aliphatic hydroxyl groups is 1. The number of ether oxygens (including phenoxy) is 2. The fourth-order valence-electron chi connectivity index (χ4n) is 3.91. The van der Waals surface area contributed by atoms with Crippen molar-refractivity contribution >= 4 is 23.1 Å². The first-order valence-electron chi connectivity index (χ1n) is 9.97. The molecule has 1 aliphatic heterocycles. The van der Waals surface area contributed by atoms with Gasteiger partial charge >= 0.3 is 0 Å². The van der Waals surface area contributed by atoms with E-state index < -0.39 is 17.7 Å². The van der Waals surface area contributed by atoms with Gasteiger partial charge in [-0.15, -0.1) is 0 Å². The minimum Gasteiger partial charge on any atom is -0.507 e. The fourth-order valence-corrected chi connectivity index (χ4v) is 3.91. The van der Waals surface area contributed by atoms with E-state index >= 15 is 0 Å². The first-order chi connectivity index (χ1) is 15.5. The number of aromatic nitrogens is 1. The molecule has 1 atom stereocenters. The Hall–Kier alpha value is -4.13. The summed E-state index contributed by atoms with van der Waals surface area (Å²) in [4.78, 5) is 31.9. The van der Waals surface area contributed by atoms with E-state index in [0.717, 1.165) is 5.56 Å². The van der Waals surface area contributed by atoms with Gasteiger partial charge in [0.05, 0.1) is 25.8 Å². The Labute approximate surface area is 185 Å². The van der Waals surface area contributed by atoms with Gasteiger partial charge < -0.3 is 14.6 Å². The predicted octanol–water partition coefficient (Wildman–Crippen LogP) is 4.03. The van der Waals surface area contributed by atoms with Crippen molar-refractivity contribution in [2.45, 2.75) is 13.0 Å². The highest BCUT2D eigenvalue weighted by molar-refractivity contribution is 6.51. The van der Waals surface area contributed by atoms with Gasteiger partial charge in [-0.1, -0.05) is 18.2 Å². The Kier molecular flexibility index (Phi) is 5.64. The zero-order valence-electron chi connectivity index (χ0n) is 17.9. The third-order valence-corrected chi connectivity index (χ3v) is 5.50. The molecular formula is C25H22N2O5. The number of benzene rings is 2.